The minimum absolute atomic E-state index is 0.0449. The summed E-state index contributed by atoms with van der Waals surface area (Å²) in [4.78, 5) is 3.83. The molecule has 0 aliphatic rings. The minimum atomic E-state index is -3.73. The van der Waals surface area contributed by atoms with Crippen LogP contribution in [0.4, 0.5) is 0 Å². The van der Waals surface area contributed by atoms with E-state index in [1.54, 1.807) is 6.92 Å². The summed E-state index contributed by atoms with van der Waals surface area (Å²) in [6.45, 7) is 1.44. The van der Waals surface area contributed by atoms with Gasteiger partial charge in [-0.3, -0.25) is 0 Å². The fourth-order valence-electron chi connectivity index (χ4n) is 1.15. The molecule has 0 radical (unpaired) electrons. The molecule has 10 heteroatoms. The molecule has 0 N–H and O–H groups in total. The maximum atomic E-state index is 12.1. The average molecular weight is 333 g/mol. The Morgan fingerprint density at radius 1 is 1.33 bits per heavy atom. The zero-order valence-corrected chi connectivity index (χ0v) is 13.2. The molecule has 0 saturated carbocycles. The average Bonchev–Trinajstić information content (AvgIpc) is 2.53. The van der Waals surface area contributed by atoms with Crippen LogP contribution < -0.4 is 0 Å². The molecular formula is C8H13ClN2O4S3. The second-order valence-corrected chi connectivity index (χ2v) is 9.88. The highest BCUT2D eigenvalue weighted by molar-refractivity contribution is 7.92. The second-order valence-electron chi connectivity index (χ2n) is 3.80. The van der Waals surface area contributed by atoms with Crippen LogP contribution in [-0.4, -0.2) is 51.7 Å². The van der Waals surface area contributed by atoms with Gasteiger partial charge in [-0.1, -0.05) is 22.9 Å². The maximum absolute atomic E-state index is 12.1. The number of sulfone groups is 1. The second kappa shape index (κ2) is 5.41. The Hall–Kier alpha value is -0.220. The van der Waals surface area contributed by atoms with Gasteiger partial charge >= 0.3 is 0 Å². The van der Waals surface area contributed by atoms with Gasteiger partial charge in [-0.15, -0.1) is 0 Å². The lowest BCUT2D eigenvalue weighted by Gasteiger charge is -2.15. The van der Waals surface area contributed by atoms with Gasteiger partial charge in [0.2, 0.25) is 0 Å². The molecule has 1 aromatic heterocycles. The SMILES string of the molecule is Cc1nc(Cl)sc1S(=O)(=O)N(C)CCS(C)(=O)=O. The molecular weight excluding hydrogens is 320 g/mol. The highest BCUT2D eigenvalue weighted by Gasteiger charge is 2.26. The van der Waals surface area contributed by atoms with Crippen LogP contribution in [0, 0.1) is 6.92 Å². The van der Waals surface area contributed by atoms with Crippen molar-refractivity contribution in [1.29, 1.82) is 0 Å². The number of hydrogen-bond acceptors (Lipinski definition) is 6. The van der Waals surface area contributed by atoms with Gasteiger partial charge in [-0.05, 0) is 6.92 Å². The van der Waals surface area contributed by atoms with E-state index in [4.69, 9.17) is 11.6 Å². The number of aryl methyl sites for hydroxylation is 1. The standard InChI is InChI=1S/C8H13ClN2O4S3/c1-6-7(16-8(9)10-6)18(14,15)11(2)4-5-17(3,12)13/h4-5H2,1-3H3. The Kier molecular flexibility index (Phi) is 4.76. The summed E-state index contributed by atoms with van der Waals surface area (Å²) in [7, 11) is -5.61. The molecule has 1 heterocycles. The zero-order chi connectivity index (χ0) is 14.1. The molecule has 0 amide bonds. The van der Waals surface area contributed by atoms with E-state index in [2.05, 4.69) is 4.98 Å². The van der Waals surface area contributed by atoms with Crippen molar-refractivity contribution in [3.05, 3.63) is 10.2 Å². The van der Waals surface area contributed by atoms with E-state index in [9.17, 15) is 16.8 Å². The largest absolute Gasteiger partial charge is 0.254 e. The van der Waals surface area contributed by atoms with Crippen molar-refractivity contribution in [2.75, 3.05) is 25.6 Å². The van der Waals surface area contributed by atoms with Gasteiger partial charge in [-0.2, -0.15) is 4.31 Å². The Morgan fingerprint density at radius 2 is 1.89 bits per heavy atom. The Labute approximate surface area is 116 Å². The number of rotatable bonds is 5. The molecule has 0 saturated heterocycles. The van der Waals surface area contributed by atoms with Gasteiger partial charge in [0.05, 0.1) is 11.4 Å². The molecule has 0 aliphatic carbocycles. The van der Waals surface area contributed by atoms with Crippen molar-refractivity contribution in [1.82, 2.24) is 9.29 Å². The van der Waals surface area contributed by atoms with Gasteiger partial charge in [0.25, 0.3) is 10.0 Å². The third-order valence-corrected chi connectivity index (χ3v) is 6.78. The van der Waals surface area contributed by atoms with Crippen molar-refractivity contribution in [2.45, 2.75) is 11.1 Å². The fourth-order valence-corrected chi connectivity index (χ4v) is 4.96. The summed E-state index contributed by atoms with van der Waals surface area (Å²) < 4.78 is 47.5. The molecule has 104 valence electrons. The predicted octanol–water partition coefficient (Wildman–Crippen LogP) is 0.770. The number of halogens is 1. The number of sulfonamides is 1. The molecule has 0 aromatic carbocycles. The summed E-state index contributed by atoms with van der Waals surface area (Å²) >= 11 is 6.51. The molecule has 0 aliphatic heterocycles. The van der Waals surface area contributed by atoms with Crippen molar-refractivity contribution < 1.29 is 16.8 Å². The fraction of sp³-hybridized carbons (Fsp3) is 0.625. The van der Waals surface area contributed by atoms with Crippen LogP contribution in [-0.2, 0) is 19.9 Å². The Bertz CT molecular complexity index is 635. The smallest absolute Gasteiger partial charge is 0.229 e. The number of nitrogens with zero attached hydrogens (tertiary/aromatic N) is 2. The summed E-state index contributed by atoms with van der Waals surface area (Å²) in [6.07, 6.45) is 1.06. The van der Waals surface area contributed by atoms with Crippen LogP contribution in [0.1, 0.15) is 5.69 Å². The Morgan fingerprint density at radius 3 is 2.28 bits per heavy atom. The van der Waals surface area contributed by atoms with Crippen LogP contribution in [0.3, 0.4) is 0 Å². The highest BCUT2D eigenvalue weighted by Crippen LogP contribution is 2.28. The topological polar surface area (TPSA) is 84.4 Å². The monoisotopic (exact) mass is 332 g/mol. The third-order valence-electron chi connectivity index (χ3n) is 2.15. The van der Waals surface area contributed by atoms with Gasteiger partial charge < -0.3 is 0 Å². The van der Waals surface area contributed by atoms with E-state index in [-0.39, 0.29) is 21.0 Å². The summed E-state index contributed by atoms with van der Waals surface area (Å²) in [5, 5.41) is 0. The van der Waals surface area contributed by atoms with E-state index in [1.807, 2.05) is 0 Å². The molecule has 0 spiro atoms. The van der Waals surface area contributed by atoms with Gasteiger partial charge in [0, 0.05) is 19.8 Å². The lowest BCUT2D eigenvalue weighted by atomic mass is 10.6. The summed E-state index contributed by atoms with van der Waals surface area (Å²) in [6, 6.07) is 0. The van der Waals surface area contributed by atoms with Crippen LogP contribution in [0.25, 0.3) is 0 Å². The zero-order valence-electron chi connectivity index (χ0n) is 10.0. The molecule has 0 unspecified atom stereocenters. The maximum Gasteiger partial charge on any atom is 0.254 e. The van der Waals surface area contributed by atoms with E-state index in [0.29, 0.717) is 5.69 Å². The molecule has 0 atom stereocenters. The third kappa shape index (κ3) is 3.89. The van der Waals surface area contributed by atoms with E-state index in [0.717, 1.165) is 21.9 Å². The normalized spacial score (nSPS) is 13.2. The van der Waals surface area contributed by atoms with Crippen LogP contribution in [0.2, 0.25) is 4.47 Å². The molecule has 1 aromatic rings. The van der Waals surface area contributed by atoms with Crippen molar-refractivity contribution in [3.8, 4) is 0 Å². The van der Waals surface area contributed by atoms with Crippen molar-refractivity contribution in [2.24, 2.45) is 0 Å². The molecule has 1 rings (SSSR count). The lowest BCUT2D eigenvalue weighted by molar-refractivity contribution is 0.486. The first-order chi connectivity index (χ1) is 8.04. The van der Waals surface area contributed by atoms with E-state index < -0.39 is 19.9 Å². The highest BCUT2D eigenvalue weighted by atomic mass is 35.5. The first-order valence-corrected chi connectivity index (χ1v) is 9.50. The minimum Gasteiger partial charge on any atom is -0.229 e. The quantitative estimate of drug-likeness (QED) is 0.795. The first-order valence-electron chi connectivity index (χ1n) is 4.81. The number of aromatic nitrogens is 1. The Balaban J connectivity index is 2.97. The van der Waals surface area contributed by atoms with Crippen LogP contribution in [0.15, 0.2) is 4.21 Å². The molecule has 6 nitrogen and oxygen atoms in total. The summed E-state index contributed by atoms with van der Waals surface area (Å²) in [5.41, 5.74) is 0.316. The molecule has 18 heavy (non-hydrogen) atoms. The molecule has 0 bridgehead atoms. The number of hydrogen-bond donors (Lipinski definition) is 0. The van der Waals surface area contributed by atoms with E-state index >= 15 is 0 Å². The van der Waals surface area contributed by atoms with Crippen LogP contribution >= 0.6 is 22.9 Å². The van der Waals surface area contributed by atoms with E-state index in [1.165, 1.54) is 7.05 Å². The van der Waals surface area contributed by atoms with Gasteiger partial charge in [0.15, 0.2) is 8.68 Å². The first kappa shape index (κ1) is 15.8. The number of thiazole rings is 1. The summed E-state index contributed by atoms with van der Waals surface area (Å²) in [5.74, 6) is -0.228. The van der Waals surface area contributed by atoms with Crippen LogP contribution in [0.5, 0.6) is 0 Å². The van der Waals surface area contributed by atoms with Crippen molar-refractivity contribution >= 4 is 42.8 Å². The van der Waals surface area contributed by atoms with Gasteiger partial charge in [0.1, 0.15) is 9.84 Å². The molecule has 0 fully saturated rings. The van der Waals surface area contributed by atoms with Crippen molar-refractivity contribution in [3.63, 3.8) is 0 Å². The predicted molar refractivity (Wildman–Crippen MR) is 71.4 cm³/mol. The lowest BCUT2D eigenvalue weighted by Crippen LogP contribution is -2.31. The van der Waals surface area contributed by atoms with Gasteiger partial charge in [-0.25, -0.2) is 21.8 Å².